The summed E-state index contributed by atoms with van der Waals surface area (Å²) in [5.41, 5.74) is 0. The minimum Gasteiger partial charge on any atom is -0.326 e. The number of rotatable bonds is 3. The van der Waals surface area contributed by atoms with Gasteiger partial charge in [-0.25, -0.2) is 0 Å². The first-order valence-corrected chi connectivity index (χ1v) is 5.12. The molecular weight excluding hydrogens is 164 g/mol. The van der Waals surface area contributed by atoms with E-state index in [2.05, 4.69) is 26.1 Å². The van der Waals surface area contributed by atoms with Crippen LogP contribution < -0.4 is 5.32 Å². The van der Waals surface area contributed by atoms with E-state index in [1.54, 1.807) is 0 Å². The predicted octanol–water partition coefficient (Wildman–Crippen LogP) is 1.20. The van der Waals surface area contributed by atoms with E-state index >= 15 is 0 Å². The molecule has 3 heteroatoms. The molecule has 3 nitrogen and oxygen atoms in total. The summed E-state index contributed by atoms with van der Waals surface area (Å²) < 4.78 is 0. The minimum absolute atomic E-state index is 0.0498. The SMILES string of the molecule is CCC1NC(C)N(CC(C)C)C1=O. The maximum absolute atomic E-state index is 11.7. The largest absolute Gasteiger partial charge is 0.326 e. The second kappa shape index (κ2) is 4.09. The van der Waals surface area contributed by atoms with Crippen LogP contribution in [0.25, 0.3) is 0 Å². The van der Waals surface area contributed by atoms with E-state index in [0.717, 1.165) is 13.0 Å². The van der Waals surface area contributed by atoms with Gasteiger partial charge in [-0.3, -0.25) is 10.1 Å². The van der Waals surface area contributed by atoms with Crippen LogP contribution in [0.1, 0.15) is 34.1 Å². The standard InChI is InChI=1S/C10H20N2O/c1-5-9-10(13)12(6-7(2)3)8(4)11-9/h7-9,11H,5-6H2,1-4H3. The van der Waals surface area contributed by atoms with E-state index < -0.39 is 0 Å². The molecule has 1 N–H and O–H groups in total. The van der Waals surface area contributed by atoms with Gasteiger partial charge in [0, 0.05) is 6.54 Å². The highest BCUT2D eigenvalue weighted by atomic mass is 16.2. The molecule has 76 valence electrons. The first-order chi connectivity index (χ1) is 6.06. The Balaban J connectivity index is 2.59. The average Bonchev–Trinajstić information content (AvgIpc) is 2.31. The molecule has 1 amide bonds. The lowest BCUT2D eigenvalue weighted by Crippen LogP contribution is -2.37. The second-order valence-electron chi connectivity index (χ2n) is 4.19. The minimum atomic E-state index is 0.0498. The average molecular weight is 184 g/mol. The normalized spacial score (nSPS) is 29.0. The molecule has 1 aliphatic rings. The van der Waals surface area contributed by atoms with Gasteiger partial charge < -0.3 is 4.90 Å². The van der Waals surface area contributed by atoms with Crippen LogP contribution in [0, 0.1) is 5.92 Å². The van der Waals surface area contributed by atoms with Gasteiger partial charge >= 0.3 is 0 Å². The highest BCUT2D eigenvalue weighted by molar-refractivity contribution is 5.84. The Kier molecular flexibility index (Phi) is 3.31. The molecule has 0 aromatic rings. The van der Waals surface area contributed by atoms with Crippen molar-refractivity contribution in [2.75, 3.05) is 6.54 Å². The second-order valence-corrected chi connectivity index (χ2v) is 4.19. The molecular formula is C10H20N2O. The van der Waals surface area contributed by atoms with Crippen LogP contribution in [0.4, 0.5) is 0 Å². The first kappa shape index (κ1) is 10.5. The van der Waals surface area contributed by atoms with Crippen molar-refractivity contribution < 1.29 is 4.79 Å². The molecule has 2 atom stereocenters. The fourth-order valence-electron chi connectivity index (χ4n) is 1.78. The van der Waals surface area contributed by atoms with E-state index in [-0.39, 0.29) is 18.1 Å². The van der Waals surface area contributed by atoms with E-state index in [9.17, 15) is 4.79 Å². The molecule has 0 spiro atoms. The Morgan fingerprint density at radius 1 is 1.54 bits per heavy atom. The molecule has 0 aromatic heterocycles. The molecule has 0 aromatic carbocycles. The molecule has 1 fully saturated rings. The van der Waals surface area contributed by atoms with Crippen molar-refractivity contribution in [2.45, 2.75) is 46.3 Å². The van der Waals surface area contributed by atoms with Crippen LogP contribution in [-0.4, -0.2) is 29.6 Å². The van der Waals surface area contributed by atoms with E-state index in [1.165, 1.54) is 0 Å². The Morgan fingerprint density at radius 3 is 2.54 bits per heavy atom. The third-order valence-electron chi connectivity index (χ3n) is 2.46. The zero-order chi connectivity index (χ0) is 10.0. The zero-order valence-corrected chi connectivity index (χ0v) is 9.00. The van der Waals surface area contributed by atoms with E-state index in [1.807, 2.05) is 11.8 Å². The number of nitrogens with zero attached hydrogens (tertiary/aromatic N) is 1. The Hall–Kier alpha value is -0.570. The molecule has 2 unspecified atom stereocenters. The number of hydrogen-bond acceptors (Lipinski definition) is 2. The van der Waals surface area contributed by atoms with Crippen molar-refractivity contribution in [1.82, 2.24) is 10.2 Å². The number of carbonyl (C=O) groups excluding carboxylic acids is 1. The van der Waals surface area contributed by atoms with Crippen LogP contribution >= 0.6 is 0 Å². The van der Waals surface area contributed by atoms with Crippen molar-refractivity contribution >= 4 is 5.91 Å². The summed E-state index contributed by atoms with van der Waals surface area (Å²) in [5, 5.41) is 3.29. The fraction of sp³-hybridized carbons (Fsp3) is 0.900. The predicted molar refractivity (Wildman–Crippen MR) is 53.2 cm³/mol. The third-order valence-corrected chi connectivity index (χ3v) is 2.46. The Morgan fingerprint density at radius 2 is 2.15 bits per heavy atom. The first-order valence-electron chi connectivity index (χ1n) is 5.12. The molecule has 1 aliphatic heterocycles. The van der Waals surface area contributed by atoms with Gasteiger partial charge in [0.25, 0.3) is 0 Å². The van der Waals surface area contributed by atoms with Crippen molar-refractivity contribution in [3.05, 3.63) is 0 Å². The number of nitrogens with one attached hydrogen (secondary N) is 1. The highest BCUT2D eigenvalue weighted by Crippen LogP contribution is 2.14. The van der Waals surface area contributed by atoms with Gasteiger partial charge in [0.2, 0.25) is 5.91 Å². The number of amides is 1. The summed E-state index contributed by atoms with van der Waals surface area (Å²) in [5.74, 6) is 0.813. The van der Waals surface area contributed by atoms with Crippen molar-refractivity contribution in [3.63, 3.8) is 0 Å². The zero-order valence-electron chi connectivity index (χ0n) is 9.00. The monoisotopic (exact) mass is 184 g/mol. The lowest BCUT2D eigenvalue weighted by atomic mass is 10.2. The molecule has 0 radical (unpaired) electrons. The van der Waals surface area contributed by atoms with Gasteiger partial charge in [0.1, 0.15) is 0 Å². The fourth-order valence-corrected chi connectivity index (χ4v) is 1.78. The van der Waals surface area contributed by atoms with Gasteiger partial charge in [-0.1, -0.05) is 20.8 Å². The van der Waals surface area contributed by atoms with Crippen LogP contribution in [0.5, 0.6) is 0 Å². The van der Waals surface area contributed by atoms with Gasteiger partial charge in [-0.15, -0.1) is 0 Å². The summed E-state index contributed by atoms with van der Waals surface area (Å²) >= 11 is 0. The molecule has 0 bridgehead atoms. The maximum Gasteiger partial charge on any atom is 0.241 e. The summed E-state index contributed by atoms with van der Waals surface area (Å²) in [6.07, 6.45) is 1.09. The van der Waals surface area contributed by atoms with Crippen LogP contribution in [0.3, 0.4) is 0 Å². The summed E-state index contributed by atoms with van der Waals surface area (Å²) in [4.78, 5) is 13.7. The van der Waals surface area contributed by atoms with Gasteiger partial charge in [0.05, 0.1) is 12.2 Å². The molecule has 0 saturated carbocycles. The smallest absolute Gasteiger partial charge is 0.241 e. The van der Waals surface area contributed by atoms with E-state index in [0.29, 0.717) is 5.92 Å². The van der Waals surface area contributed by atoms with Crippen LogP contribution in [-0.2, 0) is 4.79 Å². The quantitative estimate of drug-likeness (QED) is 0.714. The topological polar surface area (TPSA) is 32.3 Å². The third kappa shape index (κ3) is 2.21. The van der Waals surface area contributed by atoms with Gasteiger partial charge in [-0.05, 0) is 19.3 Å². The lowest BCUT2D eigenvalue weighted by Gasteiger charge is -2.22. The van der Waals surface area contributed by atoms with Crippen molar-refractivity contribution in [3.8, 4) is 0 Å². The Labute approximate surface area is 80.5 Å². The van der Waals surface area contributed by atoms with Crippen LogP contribution in [0.15, 0.2) is 0 Å². The molecule has 1 heterocycles. The lowest BCUT2D eigenvalue weighted by molar-refractivity contribution is -0.130. The van der Waals surface area contributed by atoms with Crippen molar-refractivity contribution in [2.24, 2.45) is 5.92 Å². The summed E-state index contributed by atoms with van der Waals surface area (Å²) in [6, 6.07) is 0.0498. The van der Waals surface area contributed by atoms with Crippen LogP contribution in [0.2, 0.25) is 0 Å². The molecule has 1 saturated heterocycles. The number of carbonyl (C=O) groups is 1. The van der Waals surface area contributed by atoms with Crippen molar-refractivity contribution in [1.29, 1.82) is 0 Å². The number of hydrogen-bond donors (Lipinski definition) is 1. The molecule has 1 rings (SSSR count). The Bertz CT molecular complexity index is 191. The van der Waals surface area contributed by atoms with Gasteiger partial charge in [-0.2, -0.15) is 0 Å². The maximum atomic E-state index is 11.7. The molecule has 0 aliphatic carbocycles. The summed E-state index contributed by atoms with van der Waals surface area (Å²) in [6.45, 7) is 9.24. The van der Waals surface area contributed by atoms with Gasteiger partial charge in [0.15, 0.2) is 0 Å². The highest BCUT2D eigenvalue weighted by Gasteiger charge is 2.34. The molecule has 13 heavy (non-hydrogen) atoms. The van der Waals surface area contributed by atoms with E-state index in [4.69, 9.17) is 0 Å². The summed E-state index contributed by atoms with van der Waals surface area (Å²) in [7, 11) is 0.